The summed E-state index contributed by atoms with van der Waals surface area (Å²) in [7, 11) is 1.63. The molecule has 1 N–H and O–H groups in total. The number of carbonyl (C=O) groups is 2. The van der Waals surface area contributed by atoms with Gasteiger partial charge in [0, 0.05) is 17.0 Å². The fourth-order valence-corrected chi connectivity index (χ4v) is 3.78. The molecule has 1 aliphatic rings. The lowest BCUT2D eigenvalue weighted by Crippen LogP contribution is -2.43. The van der Waals surface area contributed by atoms with Gasteiger partial charge in [0.05, 0.1) is 19.7 Å². The minimum absolute atomic E-state index is 0.00811. The number of benzene rings is 2. The summed E-state index contributed by atoms with van der Waals surface area (Å²) in [6.45, 7) is 3.84. The molecule has 0 spiro atoms. The molecule has 0 bridgehead atoms. The van der Waals surface area contributed by atoms with E-state index in [-0.39, 0.29) is 23.7 Å². The summed E-state index contributed by atoms with van der Waals surface area (Å²) in [6.07, 6.45) is 1.59. The Kier molecular flexibility index (Phi) is 6.82. The second-order valence-corrected chi connectivity index (χ2v) is 7.31. The Morgan fingerprint density at radius 3 is 2.39 bits per heavy atom. The summed E-state index contributed by atoms with van der Waals surface area (Å²) in [5, 5.41) is 3.05. The maximum atomic E-state index is 12.6. The molecular weight excluding hydrogens is 352 g/mol. The quantitative estimate of drug-likeness (QED) is 0.748. The lowest BCUT2D eigenvalue weighted by molar-refractivity contribution is -0.123. The highest BCUT2D eigenvalue weighted by molar-refractivity contribution is 5.97. The molecule has 1 saturated heterocycles. The predicted octanol–water partition coefficient (Wildman–Crippen LogP) is 3.47. The van der Waals surface area contributed by atoms with E-state index < -0.39 is 0 Å². The van der Waals surface area contributed by atoms with Crippen molar-refractivity contribution < 1.29 is 14.3 Å². The SMILES string of the molecule is COc1ccccc1C(C)NC(=O)CN1CCC(C(=O)c2ccccc2)CC1. The smallest absolute Gasteiger partial charge is 0.234 e. The zero-order valence-electron chi connectivity index (χ0n) is 16.6. The average molecular weight is 380 g/mol. The van der Waals surface area contributed by atoms with Gasteiger partial charge in [0.25, 0.3) is 0 Å². The fourth-order valence-electron chi connectivity index (χ4n) is 3.78. The topological polar surface area (TPSA) is 58.6 Å². The van der Waals surface area contributed by atoms with E-state index in [1.165, 1.54) is 0 Å². The number of para-hydroxylation sites is 1. The van der Waals surface area contributed by atoms with E-state index in [0.29, 0.717) is 6.54 Å². The van der Waals surface area contributed by atoms with Crippen LogP contribution >= 0.6 is 0 Å². The molecule has 1 unspecified atom stereocenters. The van der Waals surface area contributed by atoms with E-state index >= 15 is 0 Å². The number of carbonyl (C=O) groups excluding carboxylic acids is 2. The summed E-state index contributed by atoms with van der Waals surface area (Å²) in [5.41, 5.74) is 1.75. The van der Waals surface area contributed by atoms with Gasteiger partial charge in [-0.1, -0.05) is 48.5 Å². The van der Waals surface area contributed by atoms with Gasteiger partial charge in [0.15, 0.2) is 5.78 Å². The Hall–Kier alpha value is -2.66. The fraction of sp³-hybridized carbons (Fsp3) is 0.391. The van der Waals surface area contributed by atoms with Gasteiger partial charge >= 0.3 is 0 Å². The summed E-state index contributed by atoms with van der Waals surface area (Å²) in [5.74, 6) is 1.03. The van der Waals surface area contributed by atoms with Crippen LogP contribution in [0.1, 0.15) is 41.7 Å². The number of likely N-dealkylation sites (tertiary alicyclic amines) is 1. The van der Waals surface area contributed by atoms with Crippen LogP contribution in [0.5, 0.6) is 5.75 Å². The molecule has 0 aromatic heterocycles. The molecule has 1 amide bonds. The summed E-state index contributed by atoms with van der Waals surface area (Å²) in [6, 6.07) is 17.1. The number of hydrogen-bond donors (Lipinski definition) is 1. The number of amides is 1. The number of nitrogens with one attached hydrogen (secondary N) is 1. The first-order valence-corrected chi connectivity index (χ1v) is 9.82. The molecule has 5 nitrogen and oxygen atoms in total. The Bertz CT molecular complexity index is 799. The molecule has 148 valence electrons. The van der Waals surface area contributed by atoms with E-state index in [4.69, 9.17) is 4.74 Å². The average Bonchev–Trinajstić information content (AvgIpc) is 2.74. The van der Waals surface area contributed by atoms with Crippen molar-refractivity contribution in [3.63, 3.8) is 0 Å². The van der Waals surface area contributed by atoms with Crippen molar-refractivity contribution in [1.29, 1.82) is 0 Å². The van der Waals surface area contributed by atoms with Crippen molar-refractivity contribution in [2.24, 2.45) is 5.92 Å². The number of piperidine rings is 1. The van der Waals surface area contributed by atoms with E-state index in [1.54, 1.807) is 7.11 Å². The van der Waals surface area contributed by atoms with Crippen LogP contribution in [0.4, 0.5) is 0 Å². The minimum Gasteiger partial charge on any atom is -0.496 e. The minimum atomic E-state index is -0.124. The third-order valence-electron chi connectivity index (χ3n) is 5.37. The van der Waals surface area contributed by atoms with E-state index in [0.717, 1.165) is 42.8 Å². The second-order valence-electron chi connectivity index (χ2n) is 7.31. The molecule has 0 radical (unpaired) electrons. The summed E-state index contributed by atoms with van der Waals surface area (Å²) < 4.78 is 5.38. The maximum absolute atomic E-state index is 12.6. The molecule has 2 aromatic rings. The molecule has 1 aliphatic heterocycles. The highest BCUT2D eigenvalue weighted by Gasteiger charge is 2.26. The number of hydrogen-bond acceptors (Lipinski definition) is 4. The largest absolute Gasteiger partial charge is 0.496 e. The van der Waals surface area contributed by atoms with Gasteiger partial charge in [-0.05, 0) is 38.9 Å². The zero-order valence-corrected chi connectivity index (χ0v) is 16.6. The van der Waals surface area contributed by atoms with E-state index in [2.05, 4.69) is 10.2 Å². The molecule has 3 rings (SSSR count). The Morgan fingerprint density at radius 1 is 1.07 bits per heavy atom. The van der Waals surface area contributed by atoms with Gasteiger partial charge in [0.2, 0.25) is 5.91 Å². The molecule has 0 aliphatic carbocycles. The zero-order chi connectivity index (χ0) is 19.9. The Balaban J connectivity index is 1.48. The standard InChI is InChI=1S/C23H28N2O3/c1-17(20-10-6-7-11-21(20)28-2)24-22(26)16-25-14-12-19(13-15-25)23(27)18-8-4-3-5-9-18/h3-11,17,19H,12-16H2,1-2H3,(H,24,26). The number of ether oxygens (including phenoxy) is 1. The van der Waals surface area contributed by atoms with Gasteiger partial charge < -0.3 is 10.1 Å². The molecule has 1 heterocycles. The number of nitrogens with zero attached hydrogens (tertiary/aromatic N) is 1. The first-order chi connectivity index (χ1) is 13.6. The molecule has 5 heteroatoms. The second kappa shape index (κ2) is 9.51. The molecule has 1 atom stereocenters. The number of methoxy groups -OCH3 is 1. The molecule has 0 saturated carbocycles. The van der Waals surface area contributed by atoms with Crippen molar-refractivity contribution in [3.8, 4) is 5.75 Å². The van der Waals surface area contributed by atoms with Gasteiger partial charge in [-0.3, -0.25) is 14.5 Å². The lowest BCUT2D eigenvalue weighted by atomic mass is 9.89. The normalized spacial score (nSPS) is 16.4. The predicted molar refractivity (Wildman–Crippen MR) is 109 cm³/mol. The Labute approximate surface area is 166 Å². The third kappa shape index (κ3) is 4.98. The van der Waals surface area contributed by atoms with Crippen LogP contribution in [0, 0.1) is 5.92 Å². The highest BCUT2D eigenvalue weighted by atomic mass is 16.5. The third-order valence-corrected chi connectivity index (χ3v) is 5.37. The summed E-state index contributed by atoms with van der Waals surface area (Å²) in [4.78, 5) is 27.2. The van der Waals surface area contributed by atoms with Crippen LogP contribution in [0.15, 0.2) is 54.6 Å². The monoisotopic (exact) mass is 380 g/mol. The lowest BCUT2D eigenvalue weighted by Gasteiger charge is -2.31. The van der Waals surface area contributed by atoms with Crippen molar-refractivity contribution in [3.05, 3.63) is 65.7 Å². The first-order valence-electron chi connectivity index (χ1n) is 9.82. The summed E-state index contributed by atoms with van der Waals surface area (Å²) >= 11 is 0. The van der Waals surface area contributed by atoms with Crippen LogP contribution in [0.25, 0.3) is 0 Å². The molecule has 28 heavy (non-hydrogen) atoms. The van der Waals surface area contributed by atoms with Crippen molar-refractivity contribution in [1.82, 2.24) is 10.2 Å². The van der Waals surface area contributed by atoms with Crippen LogP contribution < -0.4 is 10.1 Å². The molecule has 1 fully saturated rings. The van der Waals surface area contributed by atoms with Gasteiger partial charge in [-0.15, -0.1) is 0 Å². The first kappa shape index (κ1) is 20.1. The van der Waals surface area contributed by atoms with Crippen LogP contribution in [0.2, 0.25) is 0 Å². The van der Waals surface area contributed by atoms with Crippen LogP contribution in [0.3, 0.4) is 0 Å². The molecular formula is C23H28N2O3. The van der Waals surface area contributed by atoms with Crippen molar-refractivity contribution >= 4 is 11.7 Å². The number of Topliss-reactive ketones (excluding diaryl/α,β-unsaturated/α-hetero) is 1. The van der Waals surface area contributed by atoms with E-state index in [1.807, 2.05) is 61.5 Å². The van der Waals surface area contributed by atoms with E-state index in [9.17, 15) is 9.59 Å². The number of ketones is 1. The molecule has 2 aromatic carbocycles. The van der Waals surface area contributed by atoms with Crippen molar-refractivity contribution in [2.45, 2.75) is 25.8 Å². The van der Waals surface area contributed by atoms with Crippen molar-refractivity contribution in [2.75, 3.05) is 26.7 Å². The van der Waals surface area contributed by atoms with Crippen LogP contribution in [-0.2, 0) is 4.79 Å². The highest BCUT2D eigenvalue weighted by Crippen LogP contribution is 2.25. The van der Waals surface area contributed by atoms with Gasteiger partial charge in [-0.2, -0.15) is 0 Å². The van der Waals surface area contributed by atoms with Gasteiger partial charge in [0.1, 0.15) is 5.75 Å². The number of rotatable bonds is 7. The Morgan fingerprint density at radius 2 is 1.71 bits per heavy atom. The van der Waals surface area contributed by atoms with Crippen LogP contribution in [-0.4, -0.2) is 43.3 Å². The van der Waals surface area contributed by atoms with Gasteiger partial charge in [-0.25, -0.2) is 0 Å². The maximum Gasteiger partial charge on any atom is 0.234 e.